The molecule has 5 N–H and O–H groups in total. The first-order valence-corrected chi connectivity index (χ1v) is 9.74. The summed E-state index contributed by atoms with van der Waals surface area (Å²) in [6.07, 6.45) is 7.22. The maximum Gasteiger partial charge on any atom is 0.159 e. The Morgan fingerprint density at radius 1 is 1.12 bits per heavy atom. The van der Waals surface area contributed by atoms with Gasteiger partial charge in [0.15, 0.2) is 5.60 Å². The van der Waals surface area contributed by atoms with Gasteiger partial charge in [0.2, 0.25) is 0 Å². The zero-order valence-corrected chi connectivity index (χ0v) is 15.5. The first-order chi connectivity index (χ1) is 12.1. The van der Waals surface area contributed by atoms with Crippen LogP contribution in [0.1, 0.15) is 46.0 Å². The highest BCUT2D eigenvalue weighted by Gasteiger charge is 2.71. The van der Waals surface area contributed by atoms with Gasteiger partial charge in [0, 0.05) is 11.3 Å². The second-order valence-corrected chi connectivity index (χ2v) is 9.51. The summed E-state index contributed by atoms with van der Waals surface area (Å²) in [6, 6.07) is 0. The first-order valence-electron chi connectivity index (χ1n) is 9.74. The van der Waals surface area contributed by atoms with E-state index in [0.717, 1.165) is 24.8 Å². The molecule has 0 spiro atoms. The Labute approximate surface area is 154 Å². The van der Waals surface area contributed by atoms with Crippen LogP contribution in [0.5, 0.6) is 0 Å². The summed E-state index contributed by atoms with van der Waals surface area (Å²) in [5.41, 5.74) is -1.67. The molecular formula is C21H30O5. The van der Waals surface area contributed by atoms with E-state index in [-0.39, 0.29) is 23.4 Å². The lowest BCUT2D eigenvalue weighted by Gasteiger charge is -2.59. The summed E-state index contributed by atoms with van der Waals surface area (Å²) in [6.45, 7) is 4.04. The highest BCUT2D eigenvalue weighted by molar-refractivity contribution is 5.33. The topological polar surface area (TPSA) is 101 Å². The number of aliphatic hydroxyl groups is 5. The monoisotopic (exact) mass is 362 g/mol. The average molecular weight is 362 g/mol. The van der Waals surface area contributed by atoms with Gasteiger partial charge in [0.1, 0.15) is 6.10 Å². The van der Waals surface area contributed by atoms with E-state index in [1.807, 2.05) is 13.0 Å². The van der Waals surface area contributed by atoms with Gasteiger partial charge in [-0.2, -0.15) is 0 Å². The maximum atomic E-state index is 11.0. The minimum Gasteiger partial charge on any atom is -0.393 e. The molecule has 3 fully saturated rings. The fourth-order valence-electron chi connectivity index (χ4n) is 6.98. The minimum absolute atomic E-state index is 0.130. The van der Waals surface area contributed by atoms with E-state index in [0.29, 0.717) is 12.8 Å². The molecule has 4 aliphatic rings. The summed E-state index contributed by atoms with van der Waals surface area (Å²) >= 11 is 0. The lowest BCUT2D eigenvalue weighted by atomic mass is 9.46. The molecule has 0 aromatic carbocycles. The SMILES string of the molecule is C#C[C@]1(O)[C@@H](O)[C@H](O)C2C3C(CC[C@@]21C)[C@@]1(C)CC[C@@H](O)CC1=C[C@@H]3O. The molecule has 0 aromatic heterocycles. The van der Waals surface area contributed by atoms with Crippen LogP contribution in [-0.4, -0.2) is 55.5 Å². The third-order valence-corrected chi connectivity index (χ3v) is 8.57. The molecule has 0 amide bonds. The van der Waals surface area contributed by atoms with Crippen LogP contribution in [0.25, 0.3) is 0 Å². The van der Waals surface area contributed by atoms with Crippen LogP contribution in [0.2, 0.25) is 0 Å². The van der Waals surface area contributed by atoms with Gasteiger partial charge in [-0.05, 0) is 49.4 Å². The molecule has 3 unspecified atom stereocenters. The molecular weight excluding hydrogens is 332 g/mol. The molecule has 0 heterocycles. The van der Waals surface area contributed by atoms with Crippen LogP contribution in [-0.2, 0) is 0 Å². The summed E-state index contributed by atoms with van der Waals surface area (Å²) in [4.78, 5) is 0. The van der Waals surface area contributed by atoms with E-state index in [1.165, 1.54) is 0 Å². The van der Waals surface area contributed by atoms with Gasteiger partial charge < -0.3 is 25.5 Å². The zero-order valence-electron chi connectivity index (χ0n) is 15.5. The lowest BCUT2D eigenvalue weighted by Crippen LogP contribution is -2.58. The highest BCUT2D eigenvalue weighted by Crippen LogP contribution is 2.67. The molecule has 5 heteroatoms. The van der Waals surface area contributed by atoms with Crippen molar-refractivity contribution in [2.75, 3.05) is 0 Å². The van der Waals surface area contributed by atoms with E-state index in [4.69, 9.17) is 6.42 Å². The average Bonchev–Trinajstić information content (AvgIpc) is 2.75. The smallest absolute Gasteiger partial charge is 0.159 e. The lowest BCUT2D eigenvalue weighted by molar-refractivity contribution is -0.139. The molecule has 0 aromatic rings. The molecule has 26 heavy (non-hydrogen) atoms. The van der Waals surface area contributed by atoms with E-state index in [9.17, 15) is 25.5 Å². The van der Waals surface area contributed by atoms with E-state index in [1.54, 1.807) is 0 Å². The molecule has 0 saturated heterocycles. The fourth-order valence-corrected chi connectivity index (χ4v) is 6.98. The molecule has 144 valence electrons. The van der Waals surface area contributed by atoms with Crippen molar-refractivity contribution < 1.29 is 25.5 Å². The third-order valence-electron chi connectivity index (χ3n) is 8.57. The number of aliphatic hydroxyl groups excluding tert-OH is 4. The standard InChI is InChI=1S/C21H30O5/c1-4-21(26)18(25)17(24)16-15-13(6-8-20(16,21)3)19(2)7-5-12(22)9-11(19)10-14(15)23/h1,10,12-18,22-26H,5-9H2,2-3H3/t12-,13?,14+,15?,16?,17-,18+,19+,20+,21+/m1/s1. The summed E-state index contributed by atoms with van der Waals surface area (Å²) < 4.78 is 0. The first kappa shape index (κ1) is 18.5. The second kappa shape index (κ2) is 5.56. The molecule has 10 atom stereocenters. The summed E-state index contributed by atoms with van der Waals surface area (Å²) in [5, 5.41) is 53.4. The van der Waals surface area contributed by atoms with Crippen LogP contribution in [0.15, 0.2) is 11.6 Å². The van der Waals surface area contributed by atoms with Crippen molar-refractivity contribution in [2.24, 2.45) is 28.6 Å². The van der Waals surface area contributed by atoms with Gasteiger partial charge in [-0.25, -0.2) is 0 Å². The van der Waals surface area contributed by atoms with E-state index >= 15 is 0 Å². The predicted octanol–water partition coefficient (Wildman–Crippen LogP) is 0.587. The Balaban J connectivity index is 1.81. The number of hydrogen-bond acceptors (Lipinski definition) is 5. The fraction of sp³-hybridized carbons (Fsp3) is 0.810. The largest absolute Gasteiger partial charge is 0.393 e. The third kappa shape index (κ3) is 2.00. The van der Waals surface area contributed by atoms with Gasteiger partial charge in [-0.15, -0.1) is 6.42 Å². The Morgan fingerprint density at radius 2 is 1.81 bits per heavy atom. The molecule has 5 nitrogen and oxygen atoms in total. The molecule has 0 bridgehead atoms. The molecule has 0 aliphatic heterocycles. The van der Waals surface area contributed by atoms with Crippen LogP contribution in [0.4, 0.5) is 0 Å². The van der Waals surface area contributed by atoms with Gasteiger partial charge in [0.05, 0.1) is 18.3 Å². The number of fused-ring (bicyclic) bond motifs is 5. The van der Waals surface area contributed by atoms with Gasteiger partial charge in [-0.1, -0.05) is 31.4 Å². The Hall–Kier alpha value is -0.900. The normalized spacial score (nSPS) is 58.8. The quantitative estimate of drug-likeness (QED) is 0.321. The van der Waals surface area contributed by atoms with Crippen molar-refractivity contribution >= 4 is 0 Å². The van der Waals surface area contributed by atoms with E-state index in [2.05, 4.69) is 12.8 Å². The number of hydrogen-bond donors (Lipinski definition) is 5. The minimum atomic E-state index is -1.80. The Kier molecular flexibility index (Phi) is 3.95. The van der Waals surface area contributed by atoms with Crippen molar-refractivity contribution in [3.8, 4) is 12.3 Å². The summed E-state index contributed by atoms with van der Waals surface area (Å²) in [5.74, 6) is 1.74. The highest BCUT2D eigenvalue weighted by atomic mass is 16.4. The van der Waals surface area contributed by atoms with Crippen molar-refractivity contribution in [3.63, 3.8) is 0 Å². The summed E-state index contributed by atoms with van der Waals surface area (Å²) in [7, 11) is 0. The van der Waals surface area contributed by atoms with Crippen LogP contribution in [0.3, 0.4) is 0 Å². The van der Waals surface area contributed by atoms with Crippen molar-refractivity contribution in [1.29, 1.82) is 0 Å². The molecule has 4 rings (SSSR count). The molecule has 3 saturated carbocycles. The number of terminal acetylenes is 1. The predicted molar refractivity (Wildman–Crippen MR) is 95.7 cm³/mol. The molecule has 0 radical (unpaired) electrons. The van der Waals surface area contributed by atoms with Crippen molar-refractivity contribution in [2.45, 2.75) is 76.0 Å². The van der Waals surface area contributed by atoms with Gasteiger partial charge >= 0.3 is 0 Å². The van der Waals surface area contributed by atoms with Gasteiger partial charge in [0.25, 0.3) is 0 Å². The van der Waals surface area contributed by atoms with Crippen molar-refractivity contribution in [3.05, 3.63) is 11.6 Å². The maximum absolute atomic E-state index is 11.0. The Bertz CT molecular complexity index is 682. The van der Waals surface area contributed by atoms with Crippen molar-refractivity contribution in [1.82, 2.24) is 0 Å². The second-order valence-electron chi connectivity index (χ2n) is 9.51. The van der Waals surface area contributed by atoms with Gasteiger partial charge in [-0.3, -0.25) is 0 Å². The van der Waals surface area contributed by atoms with Crippen LogP contribution >= 0.6 is 0 Å². The van der Waals surface area contributed by atoms with Crippen LogP contribution in [0, 0.1) is 40.9 Å². The number of rotatable bonds is 0. The zero-order chi connectivity index (χ0) is 19.1. The molecule has 4 aliphatic carbocycles. The van der Waals surface area contributed by atoms with E-state index < -0.39 is 35.2 Å². The Morgan fingerprint density at radius 3 is 2.46 bits per heavy atom. The van der Waals surface area contributed by atoms with Crippen LogP contribution < -0.4 is 0 Å².